The number of aromatic nitrogens is 3. The quantitative estimate of drug-likeness (QED) is 0.720. The first-order valence-corrected chi connectivity index (χ1v) is 5.52. The molecule has 0 aromatic carbocycles. The molecule has 1 aromatic heterocycles. The fraction of sp³-hybridized carbons (Fsp3) is 0.700. The molecular formula is C10H17N5O2. The summed E-state index contributed by atoms with van der Waals surface area (Å²) < 4.78 is 5.73. The summed E-state index contributed by atoms with van der Waals surface area (Å²) in [6, 6.07) is 0. The summed E-state index contributed by atoms with van der Waals surface area (Å²) >= 11 is 0. The van der Waals surface area contributed by atoms with Crippen LogP contribution in [0.5, 0.6) is 0 Å². The zero-order valence-electron chi connectivity index (χ0n) is 10.2. The van der Waals surface area contributed by atoms with Crippen LogP contribution in [0.25, 0.3) is 0 Å². The Balaban J connectivity index is 2.14. The molecule has 1 saturated heterocycles. The van der Waals surface area contributed by atoms with Crippen LogP contribution in [0, 0.1) is 0 Å². The molecule has 94 valence electrons. The van der Waals surface area contributed by atoms with E-state index in [4.69, 9.17) is 10.5 Å². The molecule has 1 fully saturated rings. The standard InChI is InChI=1S/C10H17N5O2/c1-6-4-15(5-10(2,3)17-6)8(16)7-12-9(11)14-13-7/h6H,4-5H2,1-3H3,(H3,11,12,13,14). The van der Waals surface area contributed by atoms with Crippen molar-refractivity contribution in [2.75, 3.05) is 18.8 Å². The number of hydrogen-bond donors (Lipinski definition) is 2. The van der Waals surface area contributed by atoms with Gasteiger partial charge in [-0.05, 0) is 20.8 Å². The van der Waals surface area contributed by atoms with Crippen LogP contribution in [0.2, 0.25) is 0 Å². The molecule has 1 aliphatic heterocycles. The summed E-state index contributed by atoms with van der Waals surface area (Å²) in [5, 5.41) is 6.18. The number of H-pyrrole nitrogens is 1. The van der Waals surface area contributed by atoms with Crippen molar-refractivity contribution in [3.63, 3.8) is 0 Å². The Morgan fingerprint density at radius 3 is 2.88 bits per heavy atom. The van der Waals surface area contributed by atoms with Crippen LogP contribution in [0.4, 0.5) is 5.95 Å². The Kier molecular flexibility index (Phi) is 2.78. The van der Waals surface area contributed by atoms with Crippen LogP contribution < -0.4 is 5.73 Å². The highest BCUT2D eigenvalue weighted by molar-refractivity contribution is 5.90. The predicted molar refractivity (Wildman–Crippen MR) is 61.3 cm³/mol. The van der Waals surface area contributed by atoms with Gasteiger partial charge in [0.05, 0.1) is 11.7 Å². The van der Waals surface area contributed by atoms with E-state index in [2.05, 4.69) is 15.2 Å². The van der Waals surface area contributed by atoms with Crippen LogP contribution in [0.1, 0.15) is 31.4 Å². The largest absolute Gasteiger partial charge is 0.369 e. The van der Waals surface area contributed by atoms with Crippen LogP contribution in [-0.2, 0) is 4.74 Å². The number of rotatable bonds is 1. The predicted octanol–water partition coefficient (Wildman–Crippen LogP) is 0.0264. The fourth-order valence-corrected chi connectivity index (χ4v) is 2.13. The molecule has 1 amide bonds. The Hall–Kier alpha value is -1.63. The molecule has 7 nitrogen and oxygen atoms in total. The summed E-state index contributed by atoms with van der Waals surface area (Å²) in [6.07, 6.45) is 0.00275. The van der Waals surface area contributed by atoms with E-state index in [1.165, 1.54) is 0 Å². The minimum Gasteiger partial charge on any atom is -0.369 e. The second-order valence-electron chi connectivity index (χ2n) is 4.92. The molecule has 2 rings (SSSR count). The number of carbonyl (C=O) groups is 1. The number of anilines is 1. The van der Waals surface area contributed by atoms with Gasteiger partial charge in [0.25, 0.3) is 5.91 Å². The smallest absolute Gasteiger partial charge is 0.291 e. The molecule has 1 atom stereocenters. The Morgan fingerprint density at radius 1 is 1.65 bits per heavy atom. The highest BCUT2D eigenvalue weighted by Gasteiger charge is 2.34. The lowest BCUT2D eigenvalue weighted by molar-refractivity contribution is -0.119. The number of nitrogens with zero attached hydrogens (tertiary/aromatic N) is 3. The monoisotopic (exact) mass is 239 g/mol. The first-order valence-electron chi connectivity index (χ1n) is 5.52. The zero-order valence-corrected chi connectivity index (χ0v) is 10.2. The fourth-order valence-electron chi connectivity index (χ4n) is 2.13. The van der Waals surface area contributed by atoms with Gasteiger partial charge < -0.3 is 15.4 Å². The SMILES string of the molecule is CC1CN(C(=O)c2nc(N)n[nH]2)CC(C)(C)O1. The van der Waals surface area contributed by atoms with E-state index in [1.54, 1.807) is 4.90 Å². The minimum absolute atomic E-state index is 0.00275. The van der Waals surface area contributed by atoms with Crippen molar-refractivity contribution in [2.24, 2.45) is 0 Å². The zero-order chi connectivity index (χ0) is 12.6. The molecule has 2 heterocycles. The average molecular weight is 239 g/mol. The lowest BCUT2D eigenvalue weighted by atomic mass is 10.1. The Bertz CT molecular complexity index is 428. The third kappa shape index (κ3) is 2.55. The number of hydrogen-bond acceptors (Lipinski definition) is 5. The lowest BCUT2D eigenvalue weighted by Gasteiger charge is -2.41. The van der Waals surface area contributed by atoms with Gasteiger partial charge in [-0.2, -0.15) is 4.98 Å². The van der Waals surface area contributed by atoms with Gasteiger partial charge in [-0.25, -0.2) is 0 Å². The number of ether oxygens (including phenoxy) is 1. The highest BCUT2D eigenvalue weighted by Crippen LogP contribution is 2.21. The molecule has 0 saturated carbocycles. The van der Waals surface area contributed by atoms with Crippen LogP contribution in [0.15, 0.2) is 0 Å². The summed E-state index contributed by atoms with van der Waals surface area (Å²) in [6.45, 7) is 6.92. The Labute approximate surface area is 99.3 Å². The third-order valence-electron chi connectivity index (χ3n) is 2.56. The maximum atomic E-state index is 12.1. The average Bonchev–Trinajstić information content (AvgIpc) is 2.60. The minimum atomic E-state index is -0.348. The van der Waals surface area contributed by atoms with Crippen LogP contribution >= 0.6 is 0 Å². The molecule has 7 heteroatoms. The number of nitrogens with one attached hydrogen (secondary N) is 1. The highest BCUT2D eigenvalue weighted by atomic mass is 16.5. The third-order valence-corrected chi connectivity index (χ3v) is 2.56. The van der Waals surface area contributed by atoms with Crippen molar-refractivity contribution < 1.29 is 9.53 Å². The van der Waals surface area contributed by atoms with E-state index in [0.717, 1.165) is 0 Å². The molecular weight excluding hydrogens is 222 g/mol. The molecule has 17 heavy (non-hydrogen) atoms. The molecule has 0 bridgehead atoms. The van der Waals surface area contributed by atoms with Gasteiger partial charge in [0.2, 0.25) is 11.8 Å². The Morgan fingerprint density at radius 2 is 2.35 bits per heavy atom. The van der Waals surface area contributed by atoms with Gasteiger partial charge in [0.15, 0.2) is 0 Å². The number of nitrogens with two attached hydrogens (primary N) is 1. The molecule has 0 spiro atoms. The topological polar surface area (TPSA) is 97.1 Å². The second-order valence-corrected chi connectivity index (χ2v) is 4.92. The summed E-state index contributed by atoms with van der Waals surface area (Å²) in [7, 11) is 0. The molecule has 3 N–H and O–H groups in total. The molecule has 1 aliphatic rings. The van der Waals surface area contributed by atoms with Gasteiger partial charge in [-0.1, -0.05) is 0 Å². The van der Waals surface area contributed by atoms with Gasteiger partial charge in [-0.15, -0.1) is 5.10 Å². The molecule has 0 radical (unpaired) electrons. The maximum Gasteiger partial charge on any atom is 0.291 e. The number of aromatic amines is 1. The van der Waals surface area contributed by atoms with Crippen molar-refractivity contribution >= 4 is 11.9 Å². The van der Waals surface area contributed by atoms with Crippen molar-refractivity contribution in [1.82, 2.24) is 20.1 Å². The second kappa shape index (κ2) is 3.99. The van der Waals surface area contributed by atoms with Crippen molar-refractivity contribution in [1.29, 1.82) is 0 Å². The van der Waals surface area contributed by atoms with E-state index in [0.29, 0.717) is 13.1 Å². The van der Waals surface area contributed by atoms with E-state index in [9.17, 15) is 4.79 Å². The van der Waals surface area contributed by atoms with Crippen molar-refractivity contribution in [2.45, 2.75) is 32.5 Å². The first kappa shape index (κ1) is 11.8. The van der Waals surface area contributed by atoms with Crippen LogP contribution in [0.3, 0.4) is 0 Å². The number of amides is 1. The van der Waals surface area contributed by atoms with Gasteiger partial charge >= 0.3 is 0 Å². The number of carbonyl (C=O) groups excluding carboxylic acids is 1. The first-order chi connectivity index (χ1) is 7.87. The normalized spacial score (nSPS) is 23.7. The maximum absolute atomic E-state index is 12.1. The number of morpholine rings is 1. The summed E-state index contributed by atoms with van der Waals surface area (Å²) in [4.78, 5) is 17.7. The molecule has 1 unspecified atom stereocenters. The summed E-state index contributed by atoms with van der Waals surface area (Å²) in [5.41, 5.74) is 5.03. The lowest BCUT2D eigenvalue weighted by Crippen LogP contribution is -2.54. The van der Waals surface area contributed by atoms with E-state index < -0.39 is 0 Å². The van der Waals surface area contributed by atoms with Gasteiger partial charge in [-0.3, -0.25) is 9.89 Å². The van der Waals surface area contributed by atoms with E-state index in [1.807, 2.05) is 20.8 Å². The van der Waals surface area contributed by atoms with Crippen molar-refractivity contribution in [3.8, 4) is 0 Å². The number of nitrogen functional groups attached to an aromatic ring is 1. The van der Waals surface area contributed by atoms with Gasteiger partial charge in [0.1, 0.15) is 0 Å². The van der Waals surface area contributed by atoms with Gasteiger partial charge in [0, 0.05) is 13.1 Å². The van der Waals surface area contributed by atoms with E-state index in [-0.39, 0.29) is 29.4 Å². The summed E-state index contributed by atoms with van der Waals surface area (Å²) in [5.74, 6) is 0.0544. The van der Waals surface area contributed by atoms with Crippen LogP contribution in [-0.4, -0.2) is 50.8 Å². The molecule has 0 aliphatic carbocycles. The van der Waals surface area contributed by atoms with Crippen molar-refractivity contribution in [3.05, 3.63) is 5.82 Å². The van der Waals surface area contributed by atoms with E-state index >= 15 is 0 Å². The molecule has 1 aromatic rings.